The molecule has 4 rings (SSSR count). The first-order valence-electron chi connectivity index (χ1n) is 9.42. The third-order valence-electron chi connectivity index (χ3n) is 4.64. The molecule has 0 saturated carbocycles. The standard InChI is InChI=1S/C21H20N8O2/c1-12-4-3-5-16(26-12)28-21(31)27-14-8-6-13(7-9-14)17-15(20(30)23-2)10-29-18(17)19(22)24-11-25-29/h3-11H,1-2H3,(H,23,30)(H2,22,24,25)(H2,26,27,28,31). The average Bonchev–Trinajstić information content (AvgIpc) is 3.14. The summed E-state index contributed by atoms with van der Waals surface area (Å²) in [5.74, 6) is 0.444. The van der Waals surface area contributed by atoms with E-state index in [4.69, 9.17) is 5.73 Å². The molecule has 0 spiro atoms. The van der Waals surface area contributed by atoms with Crippen LogP contribution in [0.5, 0.6) is 0 Å². The molecule has 31 heavy (non-hydrogen) atoms. The number of carbonyl (C=O) groups excluding carboxylic acids is 2. The van der Waals surface area contributed by atoms with E-state index < -0.39 is 6.03 Å². The zero-order valence-corrected chi connectivity index (χ0v) is 16.9. The summed E-state index contributed by atoms with van der Waals surface area (Å²) in [4.78, 5) is 32.9. The minimum atomic E-state index is -0.413. The topological polar surface area (TPSA) is 139 Å². The van der Waals surface area contributed by atoms with Crippen LogP contribution in [-0.2, 0) is 0 Å². The normalized spacial score (nSPS) is 10.6. The Kier molecular flexibility index (Phi) is 5.19. The van der Waals surface area contributed by atoms with E-state index in [1.807, 2.05) is 19.1 Å². The van der Waals surface area contributed by atoms with Gasteiger partial charge >= 0.3 is 6.03 Å². The Balaban J connectivity index is 1.62. The van der Waals surface area contributed by atoms with Gasteiger partial charge in [0, 0.05) is 30.2 Å². The monoisotopic (exact) mass is 416 g/mol. The number of nitrogens with one attached hydrogen (secondary N) is 3. The number of anilines is 3. The molecular weight excluding hydrogens is 396 g/mol. The second-order valence-electron chi connectivity index (χ2n) is 6.76. The van der Waals surface area contributed by atoms with E-state index >= 15 is 0 Å². The number of nitrogens with zero attached hydrogens (tertiary/aromatic N) is 4. The minimum Gasteiger partial charge on any atom is -0.382 e. The fraction of sp³-hybridized carbons (Fsp3) is 0.0952. The summed E-state index contributed by atoms with van der Waals surface area (Å²) < 4.78 is 1.52. The first kappa shape index (κ1) is 19.8. The summed E-state index contributed by atoms with van der Waals surface area (Å²) in [5, 5.41) is 12.2. The first-order valence-corrected chi connectivity index (χ1v) is 9.42. The first-order chi connectivity index (χ1) is 15.0. The van der Waals surface area contributed by atoms with Gasteiger partial charge in [-0.05, 0) is 36.8 Å². The molecule has 3 aromatic heterocycles. The molecule has 10 heteroatoms. The highest BCUT2D eigenvalue weighted by atomic mass is 16.2. The highest BCUT2D eigenvalue weighted by molar-refractivity contribution is 6.07. The number of nitrogen functional groups attached to an aromatic ring is 1. The van der Waals surface area contributed by atoms with Crippen LogP contribution in [0.4, 0.5) is 22.1 Å². The number of benzene rings is 1. The Hall–Kier alpha value is -4.47. The van der Waals surface area contributed by atoms with E-state index in [1.54, 1.807) is 43.6 Å². The number of carbonyl (C=O) groups is 2. The van der Waals surface area contributed by atoms with Crippen molar-refractivity contribution >= 4 is 34.8 Å². The number of pyridine rings is 1. The van der Waals surface area contributed by atoms with Gasteiger partial charge in [-0.2, -0.15) is 5.10 Å². The number of aryl methyl sites for hydroxylation is 1. The van der Waals surface area contributed by atoms with Crippen molar-refractivity contribution in [3.63, 3.8) is 0 Å². The maximum Gasteiger partial charge on any atom is 0.324 e. The van der Waals surface area contributed by atoms with Crippen molar-refractivity contribution in [1.82, 2.24) is 24.9 Å². The van der Waals surface area contributed by atoms with E-state index in [0.717, 1.165) is 11.3 Å². The van der Waals surface area contributed by atoms with Gasteiger partial charge < -0.3 is 16.4 Å². The van der Waals surface area contributed by atoms with Crippen molar-refractivity contribution in [2.45, 2.75) is 6.92 Å². The van der Waals surface area contributed by atoms with Gasteiger partial charge in [-0.1, -0.05) is 18.2 Å². The van der Waals surface area contributed by atoms with Gasteiger partial charge in [-0.25, -0.2) is 19.3 Å². The molecule has 1 aromatic carbocycles. The third kappa shape index (κ3) is 3.99. The maximum atomic E-state index is 12.4. The smallest absolute Gasteiger partial charge is 0.324 e. The molecule has 3 heterocycles. The van der Waals surface area contributed by atoms with Crippen molar-refractivity contribution in [2.24, 2.45) is 0 Å². The van der Waals surface area contributed by atoms with Crippen molar-refractivity contribution in [3.05, 3.63) is 66.2 Å². The molecular formula is C21H20N8O2. The second kappa shape index (κ2) is 8.11. The summed E-state index contributed by atoms with van der Waals surface area (Å²) in [6.45, 7) is 1.85. The van der Waals surface area contributed by atoms with Crippen LogP contribution in [0, 0.1) is 6.92 Å². The molecule has 0 fully saturated rings. The molecule has 0 aliphatic heterocycles. The lowest BCUT2D eigenvalue weighted by atomic mass is 10.0. The Morgan fingerprint density at radius 3 is 2.55 bits per heavy atom. The maximum absolute atomic E-state index is 12.4. The van der Waals surface area contributed by atoms with E-state index in [1.165, 1.54) is 10.8 Å². The molecule has 156 valence electrons. The summed E-state index contributed by atoms with van der Waals surface area (Å²) in [7, 11) is 1.55. The number of nitrogens with two attached hydrogens (primary N) is 1. The number of urea groups is 1. The van der Waals surface area contributed by atoms with Crippen LogP contribution in [0.15, 0.2) is 55.0 Å². The van der Waals surface area contributed by atoms with Gasteiger partial charge in [0.05, 0.1) is 5.56 Å². The number of fused-ring (bicyclic) bond motifs is 1. The minimum absolute atomic E-state index is 0.257. The zero-order chi connectivity index (χ0) is 22.0. The molecule has 0 aliphatic rings. The lowest BCUT2D eigenvalue weighted by Gasteiger charge is -2.09. The molecule has 10 nitrogen and oxygen atoms in total. The van der Waals surface area contributed by atoms with Crippen LogP contribution in [0.2, 0.25) is 0 Å². The van der Waals surface area contributed by atoms with Crippen molar-refractivity contribution in [3.8, 4) is 11.1 Å². The highest BCUT2D eigenvalue weighted by Crippen LogP contribution is 2.33. The van der Waals surface area contributed by atoms with Gasteiger partial charge in [-0.3, -0.25) is 10.1 Å². The lowest BCUT2D eigenvalue weighted by molar-refractivity contribution is 0.0963. The van der Waals surface area contributed by atoms with E-state index in [0.29, 0.717) is 28.1 Å². The van der Waals surface area contributed by atoms with Gasteiger partial charge in [0.1, 0.15) is 17.7 Å². The largest absolute Gasteiger partial charge is 0.382 e. The molecule has 0 aliphatic carbocycles. The SMILES string of the molecule is CNC(=O)c1cn2ncnc(N)c2c1-c1ccc(NC(=O)Nc2cccc(C)n2)cc1. The Morgan fingerprint density at radius 1 is 1.06 bits per heavy atom. The quantitative estimate of drug-likeness (QED) is 0.403. The Bertz CT molecular complexity index is 1280. The van der Waals surface area contributed by atoms with Crippen molar-refractivity contribution < 1.29 is 9.59 Å². The van der Waals surface area contributed by atoms with E-state index in [9.17, 15) is 9.59 Å². The number of aromatic nitrogens is 4. The van der Waals surface area contributed by atoms with Gasteiger partial charge in [0.15, 0.2) is 5.82 Å². The summed E-state index contributed by atoms with van der Waals surface area (Å²) in [6.07, 6.45) is 2.93. The Morgan fingerprint density at radius 2 is 1.84 bits per heavy atom. The molecule has 5 N–H and O–H groups in total. The van der Waals surface area contributed by atoms with Crippen LogP contribution in [-0.4, -0.2) is 38.6 Å². The van der Waals surface area contributed by atoms with Crippen molar-refractivity contribution in [2.75, 3.05) is 23.4 Å². The molecule has 0 unspecified atom stereocenters. The number of hydrogen-bond acceptors (Lipinski definition) is 6. The second-order valence-corrected chi connectivity index (χ2v) is 6.76. The average molecular weight is 416 g/mol. The predicted molar refractivity (Wildman–Crippen MR) is 118 cm³/mol. The lowest BCUT2D eigenvalue weighted by Crippen LogP contribution is -2.20. The fourth-order valence-corrected chi connectivity index (χ4v) is 3.25. The van der Waals surface area contributed by atoms with E-state index in [2.05, 4.69) is 31.0 Å². The van der Waals surface area contributed by atoms with Crippen LogP contribution in [0.3, 0.4) is 0 Å². The molecule has 4 aromatic rings. The fourth-order valence-electron chi connectivity index (χ4n) is 3.25. The third-order valence-corrected chi connectivity index (χ3v) is 4.64. The van der Waals surface area contributed by atoms with Crippen LogP contribution in [0.1, 0.15) is 16.1 Å². The summed E-state index contributed by atoms with van der Waals surface area (Å²) in [5.41, 5.74) is 9.72. The molecule has 0 atom stereocenters. The zero-order valence-electron chi connectivity index (χ0n) is 16.9. The number of rotatable bonds is 4. The van der Waals surface area contributed by atoms with Gasteiger partial charge in [0.25, 0.3) is 5.91 Å². The molecule has 0 bridgehead atoms. The molecule has 0 saturated heterocycles. The summed E-state index contributed by atoms with van der Waals surface area (Å²) in [6, 6.07) is 12.0. The van der Waals surface area contributed by atoms with Gasteiger partial charge in [0.2, 0.25) is 0 Å². The van der Waals surface area contributed by atoms with Crippen LogP contribution < -0.4 is 21.7 Å². The summed E-state index contributed by atoms with van der Waals surface area (Å²) >= 11 is 0. The highest BCUT2D eigenvalue weighted by Gasteiger charge is 2.20. The predicted octanol–water partition coefficient (Wildman–Crippen LogP) is 2.69. The van der Waals surface area contributed by atoms with Gasteiger partial charge in [-0.15, -0.1) is 0 Å². The Labute approximate surface area is 177 Å². The van der Waals surface area contributed by atoms with E-state index in [-0.39, 0.29) is 11.7 Å². The molecule has 3 amide bonds. The number of amides is 3. The van der Waals surface area contributed by atoms with Crippen LogP contribution >= 0.6 is 0 Å². The molecule has 0 radical (unpaired) electrons. The van der Waals surface area contributed by atoms with Crippen LogP contribution in [0.25, 0.3) is 16.6 Å². The number of hydrogen-bond donors (Lipinski definition) is 4. The van der Waals surface area contributed by atoms with Crippen molar-refractivity contribution in [1.29, 1.82) is 0 Å².